The fraction of sp³-hybridized carbons (Fsp3) is 0.190. The number of carboxylic acid groups (broad SMARTS) is 1. The number of aromatic amines is 1. The van der Waals surface area contributed by atoms with Gasteiger partial charge in [0, 0.05) is 24.0 Å². The number of hydrogen-bond acceptors (Lipinski definition) is 3. The third-order valence-electron chi connectivity index (χ3n) is 5.03. The predicted molar refractivity (Wildman–Crippen MR) is 100 cm³/mol. The van der Waals surface area contributed by atoms with Gasteiger partial charge in [0.1, 0.15) is 6.04 Å². The first-order valence-electron chi connectivity index (χ1n) is 8.73. The van der Waals surface area contributed by atoms with E-state index in [9.17, 15) is 19.5 Å². The van der Waals surface area contributed by atoms with E-state index in [1.807, 2.05) is 42.5 Å². The van der Waals surface area contributed by atoms with Crippen molar-refractivity contribution in [1.82, 2.24) is 9.88 Å². The van der Waals surface area contributed by atoms with Gasteiger partial charge in [0.25, 0.3) is 5.56 Å². The van der Waals surface area contributed by atoms with E-state index in [1.54, 1.807) is 12.1 Å². The molecule has 2 N–H and O–H groups in total. The molecule has 0 radical (unpaired) electrons. The second-order valence-corrected chi connectivity index (χ2v) is 6.74. The average molecular weight is 362 g/mol. The Hall–Kier alpha value is -3.41. The zero-order valence-corrected chi connectivity index (χ0v) is 14.5. The Kier molecular flexibility index (Phi) is 4.24. The number of carbonyl (C=O) groups excluding carboxylic acids is 1. The van der Waals surface area contributed by atoms with Gasteiger partial charge in [-0.3, -0.25) is 9.59 Å². The number of aromatic nitrogens is 1. The number of carbonyl (C=O) groups is 2. The van der Waals surface area contributed by atoms with Gasteiger partial charge in [0.05, 0.1) is 6.42 Å². The van der Waals surface area contributed by atoms with Gasteiger partial charge in [0.2, 0.25) is 5.91 Å². The lowest BCUT2D eigenvalue weighted by Crippen LogP contribution is -2.49. The third kappa shape index (κ3) is 3.21. The van der Waals surface area contributed by atoms with Gasteiger partial charge in [-0.25, -0.2) is 4.79 Å². The van der Waals surface area contributed by atoms with Crippen LogP contribution in [0.1, 0.15) is 16.7 Å². The number of amides is 1. The summed E-state index contributed by atoms with van der Waals surface area (Å²) in [5, 5.41) is 10.4. The molecule has 2 aromatic carbocycles. The summed E-state index contributed by atoms with van der Waals surface area (Å²) in [7, 11) is 0. The number of benzene rings is 2. The normalized spacial score (nSPS) is 16.1. The molecule has 2 heterocycles. The highest BCUT2D eigenvalue weighted by atomic mass is 16.4. The lowest BCUT2D eigenvalue weighted by Gasteiger charge is -2.34. The Morgan fingerprint density at radius 2 is 1.78 bits per heavy atom. The zero-order chi connectivity index (χ0) is 19.0. The third-order valence-corrected chi connectivity index (χ3v) is 5.03. The number of fused-ring (bicyclic) bond motifs is 2. The summed E-state index contributed by atoms with van der Waals surface area (Å²) in [5.74, 6) is -1.40. The van der Waals surface area contributed by atoms with Crippen molar-refractivity contribution in [3.8, 4) is 0 Å². The van der Waals surface area contributed by atoms with E-state index in [1.165, 1.54) is 4.90 Å². The number of pyridine rings is 1. The van der Waals surface area contributed by atoms with Crippen molar-refractivity contribution in [3.05, 3.63) is 81.6 Å². The number of carboxylic acids is 1. The van der Waals surface area contributed by atoms with Crippen molar-refractivity contribution in [2.75, 3.05) is 0 Å². The maximum absolute atomic E-state index is 12.9. The number of hydrogen-bond donors (Lipinski definition) is 2. The second kappa shape index (κ2) is 6.72. The number of H-pyrrole nitrogens is 1. The number of aliphatic carboxylic acids is 1. The first kappa shape index (κ1) is 17.0. The monoisotopic (exact) mass is 362 g/mol. The van der Waals surface area contributed by atoms with E-state index in [4.69, 9.17) is 0 Å². The molecule has 1 aromatic heterocycles. The molecular formula is C21H18N2O4. The van der Waals surface area contributed by atoms with Crippen molar-refractivity contribution in [3.63, 3.8) is 0 Å². The van der Waals surface area contributed by atoms with Crippen LogP contribution < -0.4 is 5.56 Å². The summed E-state index contributed by atoms with van der Waals surface area (Å²) in [5.41, 5.74) is 2.59. The van der Waals surface area contributed by atoms with Crippen molar-refractivity contribution < 1.29 is 14.7 Å². The molecule has 1 unspecified atom stereocenters. The molecule has 0 fully saturated rings. The van der Waals surface area contributed by atoms with Crippen LogP contribution in [0.5, 0.6) is 0 Å². The molecule has 1 aliphatic heterocycles. The van der Waals surface area contributed by atoms with Gasteiger partial charge in [-0.15, -0.1) is 0 Å². The first-order valence-corrected chi connectivity index (χ1v) is 8.73. The van der Waals surface area contributed by atoms with Crippen LogP contribution in [0.15, 0.2) is 59.4 Å². The second-order valence-electron chi connectivity index (χ2n) is 6.74. The first-order chi connectivity index (χ1) is 13.0. The van der Waals surface area contributed by atoms with Crippen LogP contribution in [-0.2, 0) is 29.0 Å². The number of nitrogens with one attached hydrogen (secondary N) is 1. The predicted octanol–water partition coefficient (Wildman–Crippen LogP) is 2.11. The van der Waals surface area contributed by atoms with E-state index >= 15 is 0 Å². The standard InChI is InChI=1S/C21H18N2O4/c24-19(11-16-9-14-6-3-4-8-17(14)22-20(16)25)23-12-15-7-2-1-5-13(15)10-18(23)21(26)27/h1-9,18H,10-12H2,(H,22,25)(H,26,27). The van der Waals surface area contributed by atoms with Crippen molar-refractivity contribution >= 4 is 22.8 Å². The van der Waals surface area contributed by atoms with Crippen LogP contribution in [0.2, 0.25) is 0 Å². The Balaban J connectivity index is 1.65. The molecule has 6 nitrogen and oxygen atoms in total. The fourth-order valence-corrected chi connectivity index (χ4v) is 3.59. The summed E-state index contributed by atoms with van der Waals surface area (Å²) in [4.78, 5) is 41.1. The zero-order valence-electron chi connectivity index (χ0n) is 14.5. The van der Waals surface area contributed by atoms with Crippen molar-refractivity contribution in [1.29, 1.82) is 0 Å². The Labute approximate surface area is 155 Å². The minimum Gasteiger partial charge on any atom is -0.480 e. The van der Waals surface area contributed by atoms with Crippen LogP contribution in [0.3, 0.4) is 0 Å². The summed E-state index contributed by atoms with van der Waals surface area (Å²) in [6.07, 6.45) is 0.136. The summed E-state index contributed by atoms with van der Waals surface area (Å²) in [6.45, 7) is 0.234. The molecule has 27 heavy (non-hydrogen) atoms. The van der Waals surface area contributed by atoms with E-state index in [0.717, 1.165) is 16.5 Å². The highest BCUT2D eigenvalue weighted by molar-refractivity contribution is 5.87. The van der Waals surface area contributed by atoms with Gasteiger partial charge in [-0.1, -0.05) is 42.5 Å². The molecule has 1 atom stereocenters. The van der Waals surface area contributed by atoms with Gasteiger partial charge in [0.15, 0.2) is 0 Å². The average Bonchev–Trinajstić information content (AvgIpc) is 2.67. The van der Waals surface area contributed by atoms with Crippen LogP contribution in [0.4, 0.5) is 0 Å². The maximum atomic E-state index is 12.9. The van der Waals surface area contributed by atoms with Gasteiger partial charge in [-0.05, 0) is 28.6 Å². The van der Waals surface area contributed by atoms with E-state index in [2.05, 4.69) is 4.98 Å². The Morgan fingerprint density at radius 3 is 2.56 bits per heavy atom. The molecule has 4 rings (SSSR count). The molecule has 0 saturated carbocycles. The minimum atomic E-state index is -1.04. The lowest BCUT2D eigenvalue weighted by molar-refractivity contribution is -0.151. The SMILES string of the molecule is O=C(O)C1Cc2ccccc2CN1C(=O)Cc1cc2ccccc2[nH]c1=O. The van der Waals surface area contributed by atoms with Crippen molar-refractivity contribution in [2.45, 2.75) is 25.4 Å². The quantitative estimate of drug-likeness (QED) is 0.747. The number of nitrogens with zero attached hydrogens (tertiary/aromatic N) is 1. The summed E-state index contributed by atoms with van der Waals surface area (Å²) >= 11 is 0. The van der Waals surface area contributed by atoms with E-state index in [-0.39, 0.29) is 30.9 Å². The highest BCUT2D eigenvalue weighted by Gasteiger charge is 2.34. The van der Waals surface area contributed by atoms with Crippen molar-refractivity contribution in [2.24, 2.45) is 0 Å². The molecule has 0 aliphatic carbocycles. The van der Waals surface area contributed by atoms with Gasteiger partial charge >= 0.3 is 5.97 Å². The van der Waals surface area contributed by atoms with E-state index < -0.39 is 12.0 Å². The molecule has 136 valence electrons. The molecular weight excluding hydrogens is 344 g/mol. The lowest BCUT2D eigenvalue weighted by atomic mass is 9.93. The van der Waals surface area contributed by atoms with Crippen LogP contribution in [-0.4, -0.2) is 32.9 Å². The van der Waals surface area contributed by atoms with Crippen LogP contribution in [0, 0.1) is 0 Å². The molecule has 0 bridgehead atoms. The molecule has 0 spiro atoms. The molecule has 1 amide bonds. The minimum absolute atomic E-state index is 0.133. The summed E-state index contributed by atoms with van der Waals surface area (Å²) in [6, 6.07) is 15.6. The Morgan fingerprint density at radius 1 is 1.07 bits per heavy atom. The maximum Gasteiger partial charge on any atom is 0.326 e. The molecule has 1 aliphatic rings. The van der Waals surface area contributed by atoms with E-state index in [0.29, 0.717) is 11.1 Å². The molecule has 0 saturated heterocycles. The largest absolute Gasteiger partial charge is 0.480 e. The topological polar surface area (TPSA) is 90.5 Å². The van der Waals surface area contributed by atoms with Gasteiger partial charge in [-0.2, -0.15) is 0 Å². The Bertz CT molecular complexity index is 1100. The number of para-hydroxylation sites is 1. The van der Waals surface area contributed by atoms with Crippen LogP contribution >= 0.6 is 0 Å². The number of rotatable bonds is 3. The smallest absolute Gasteiger partial charge is 0.326 e. The fourth-order valence-electron chi connectivity index (χ4n) is 3.59. The molecule has 6 heteroatoms. The van der Waals surface area contributed by atoms with Crippen LogP contribution in [0.25, 0.3) is 10.9 Å². The van der Waals surface area contributed by atoms with Gasteiger partial charge < -0.3 is 15.0 Å². The molecule has 3 aromatic rings. The summed E-state index contributed by atoms with van der Waals surface area (Å²) < 4.78 is 0. The highest BCUT2D eigenvalue weighted by Crippen LogP contribution is 2.24.